The lowest BCUT2D eigenvalue weighted by Crippen LogP contribution is -1.92. The minimum absolute atomic E-state index is 0.495. The van der Waals surface area contributed by atoms with Gasteiger partial charge in [-0.1, -0.05) is 6.07 Å². The van der Waals surface area contributed by atoms with Crippen molar-refractivity contribution >= 4 is 22.6 Å². The van der Waals surface area contributed by atoms with Crippen molar-refractivity contribution in [2.75, 3.05) is 0 Å². The number of rotatable bonds is 2. The van der Waals surface area contributed by atoms with E-state index in [1.54, 1.807) is 0 Å². The van der Waals surface area contributed by atoms with E-state index in [1.807, 2.05) is 0 Å². The standard InChI is InChI=1S/C21H22ClO/c1-12-6-18(11-22)19-10-15(4)21(23-20(19)7-12)17-8-13(2)16(5)14(3)9-17/h6-10H,11H2,1-5H3/q+1. The van der Waals surface area contributed by atoms with Gasteiger partial charge < -0.3 is 0 Å². The van der Waals surface area contributed by atoms with E-state index in [0.29, 0.717) is 5.88 Å². The molecule has 23 heavy (non-hydrogen) atoms. The lowest BCUT2D eigenvalue weighted by Gasteiger charge is -2.07. The lowest BCUT2D eigenvalue weighted by molar-refractivity contribution is 0.615. The van der Waals surface area contributed by atoms with Crippen molar-refractivity contribution in [2.45, 2.75) is 40.5 Å². The quantitative estimate of drug-likeness (QED) is 0.378. The van der Waals surface area contributed by atoms with Gasteiger partial charge in [-0.15, -0.1) is 11.6 Å². The molecule has 0 spiro atoms. The second-order valence-corrected chi connectivity index (χ2v) is 6.73. The zero-order valence-corrected chi connectivity index (χ0v) is 15.1. The van der Waals surface area contributed by atoms with Gasteiger partial charge in [0.2, 0.25) is 0 Å². The summed E-state index contributed by atoms with van der Waals surface area (Å²) in [5.41, 5.74) is 9.39. The van der Waals surface area contributed by atoms with E-state index in [0.717, 1.165) is 33.4 Å². The molecule has 0 radical (unpaired) electrons. The van der Waals surface area contributed by atoms with E-state index in [-0.39, 0.29) is 0 Å². The molecule has 0 unspecified atom stereocenters. The van der Waals surface area contributed by atoms with E-state index in [2.05, 4.69) is 65.0 Å². The third-order valence-corrected chi connectivity index (χ3v) is 4.92. The fourth-order valence-corrected chi connectivity index (χ4v) is 3.34. The van der Waals surface area contributed by atoms with Crippen LogP contribution in [0, 0.1) is 34.6 Å². The van der Waals surface area contributed by atoms with Crippen LogP contribution in [0.5, 0.6) is 0 Å². The zero-order chi connectivity index (χ0) is 16.7. The van der Waals surface area contributed by atoms with Crippen molar-refractivity contribution in [3.8, 4) is 11.3 Å². The molecule has 2 heteroatoms. The first-order chi connectivity index (χ1) is 10.9. The van der Waals surface area contributed by atoms with Crippen LogP contribution in [0.1, 0.15) is 33.4 Å². The van der Waals surface area contributed by atoms with Gasteiger partial charge in [0.25, 0.3) is 0 Å². The summed E-state index contributed by atoms with van der Waals surface area (Å²) in [5.74, 6) is 1.43. The molecule has 0 atom stereocenters. The minimum Gasteiger partial charge on any atom is -0.207 e. The Bertz CT molecular complexity index is 886. The van der Waals surface area contributed by atoms with Crippen LogP contribution in [0.4, 0.5) is 0 Å². The number of aryl methyl sites for hydroxylation is 4. The van der Waals surface area contributed by atoms with Gasteiger partial charge in [0.15, 0.2) is 0 Å². The average molecular weight is 326 g/mol. The van der Waals surface area contributed by atoms with Crippen LogP contribution in [-0.4, -0.2) is 0 Å². The molecule has 3 aromatic rings. The Morgan fingerprint density at radius 2 is 1.48 bits per heavy atom. The Kier molecular flexibility index (Phi) is 4.16. The molecular formula is C21H22ClO+. The molecule has 0 N–H and O–H groups in total. The van der Waals surface area contributed by atoms with Crippen molar-refractivity contribution in [3.05, 3.63) is 63.7 Å². The monoisotopic (exact) mass is 325 g/mol. The summed E-state index contributed by atoms with van der Waals surface area (Å²) < 4.78 is 6.29. The third kappa shape index (κ3) is 2.86. The van der Waals surface area contributed by atoms with Gasteiger partial charge in [-0.2, -0.15) is 0 Å². The molecular weight excluding hydrogens is 304 g/mol. The van der Waals surface area contributed by atoms with Gasteiger partial charge in [-0.3, -0.25) is 0 Å². The fourth-order valence-electron chi connectivity index (χ4n) is 3.12. The molecule has 0 aliphatic carbocycles. The number of hydrogen-bond acceptors (Lipinski definition) is 0. The van der Waals surface area contributed by atoms with Crippen LogP contribution in [0.15, 0.2) is 34.7 Å². The fraction of sp³-hybridized carbons (Fsp3) is 0.286. The Labute approximate surface area is 142 Å². The number of alkyl halides is 1. The highest BCUT2D eigenvalue weighted by molar-refractivity contribution is 6.18. The first kappa shape index (κ1) is 16.0. The van der Waals surface area contributed by atoms with E-state index >= 15 is 0 Å². The Morgan fingerprint density at radius 3 is 2.09 bits per heavy atom. The Morgan fingerprint density at radius 1 is 0.826 bits per heavy atom. The molecule has 0 fully saturated rings. The number of benzene rings is 2. The highest BCUT2D eigenvalue weighted by Crippen LogP contribution is 2.33. The number of halogens is 1. The SMILES string of the molecule is Cc1cc(CCl)c2cc(C)c(-c3cc(C)c(C)c(C)c3)[o+]c2c1. The molecule has 0 bridgehead atoms. The van der Waals surface area contributed by atoms with Gasteiger partial charge in [0.05, 0.1) is 16.5 Å². The first-order valence-electron chi connectivity index (χ1n) is 7.92. The molecule has 0 aliphatic heterocycles. The maximum Gasteiger partial charge on any atom is 0.363 e. The predicted molar refractivity (Wildman–Crippen MR) is 99.3 cm³/mol. The summed E-state index contributed by atoms with van der Waals surface area (Å²) in [6, 6.07) is 10.8. The highest BCUT2D eigenvalue weighted by atomic mass is 35.5. The van der Waals surface area contributed by atoms with Crippen molar-refractivity contribution in [1.82, 2.24) is 0 Å². The number of fused-ring (bicyclic) bond motifs is 1. The topological polar surface area (TPSA) is 11.3 Å². The molecule has 1 heterocycles. The van der Waals surface area contributed by atoms with Crippen LogP contribution in [0.25, 0.3) is 22.3 Å². The van der Waals surface area contributed by atoms with Crippen LogP contribution in [0.3, 0.4) is 0 Å². The van der Waals surface area contributed by atoms with Gasteiger partial charge >= 0.3 is 11.3 Å². The van der Waals surface area contributed by atoms with E-state index in [1.165, 1.54) is 22.3 Å². The molecule has 3 rings (SSSR count). The van der Waals surface area contributed by atoms with Crippen LogP contribution >= 0.6 is 11.6 Å². The predicted octanol–water partition coefficient (Wildman–Crippen LogP) is 6.66. The molecule has 0 saturated heterocycles. The second-order valence-electron chi connectivity index (χ2n) is 6.46. The summed E-state index contributed by atoms with van der Waals surface area (Å²) in [5, 5.41) is 1.10. The average Bonchev–Trinajstić information content (AvgIpc) is 2.51. The third-order valence-electron chi connectivity index (χ3n) is 4.64. The van der Waals surface area contributed by atoms with Gasteiger partial charge in [-0.25, -0.2) is 4.42 Å². The van der Waals surface area contributed by atoms with Gasteiger partial charge in [-0.05, 0) is 80.6 Å². The highest BCUT2D eigenvalue weighted by Gasteiger charge is 2.21. The minimum atomic E-state index is 0.495. The Balaban J connectivity index is 2.29. The maximum absolute atomic E-state index is 6.29. The van der Waals surface area contributed by atoms with Crippen LogP contribution in [-0.2, 0) is 5.88 Å². The van der Waals surface area contributed by atoms with Crippen molar-refractivity contribution in [2.24, 2.45) is 0 Å². The zero-order valence-electron chi connectivity index (χ0n) is 14.4. The number of hydrogen-bond donors (Lipinski definition) is 0. The lowest BCUT2D eigenvalue weighted by atomic mass is 9.97. The summed E-state index contributed by atoms with van der Waals surface area (Å²) >= 11 is 6.10. The van der Waals surface area contributed by atoms with E-state index in [9.17, 15) is 0 Å². The summed E-state index contributed by atoms with van der Waals surface area (Å²) in [7, 11) is 0. The van der Waals surface area contributed by atoms with Crippen molar-refractivity contribution in [3.63, 3.8) is 0 Å². The maximum atomic E-state index is 6.29. The molecule has 0 amide bonds. The summed E-state index contributed by atoms with van der Waals surface area (Å²) in [4.78, 5) is 0. The summed E-state index contributed by atoms with van der Waals surface area (Å²) in [6.07, 6.45) is 0. The van der Waals surface area contributed by atoms with E-state index in [4.69, 9.17) is 16.0 Å². The van der Waals surface area contributed by atoms with Gasteiger partial charge in [0, 0.05) is 11.9 Å². The first-order valence-corrected chi connectivity index (χ1v) is 8.45. The van der Waals surface area contributed by atoms with Crippen molar-refractivity contribution in [1.29, 1.82) is 0 Å². The molecule has 1 aromatic heterocycles. The second kappa shape index (κ2) is 5.98. The molecule has 0 aliphatic rings. The van der Waals surface area contributed by atoms with E-state index < -0.39 is 0 Å². The molecule has 2 aromatic carbocycles. The smallest absolute Gasteiger partial charge is 0.207 e. The summed E-state index contributed by atoms with van der Waals surface area (Å²) in [6.45, 7) is 10.6. The van der Waals surface area contributed by atoms with Gasteiger partial charge in [0.1, 0.15) is 0 Å². The molecule has 1 nitrogen and oxygen atoms in total. The normalized spacial score (nSPS) is 11.2. The largest absolute Gasteiger partial charge is 0.363 e. The van der Waals surface area contributed by atoms with Crippen molar-refractivity contribution < 1.29 is 4.42 Å². The molecule has 118 valence electrons. The van der Waals surface area contributed by atoms with Crippen LogP contribution in [0.2, 0.25) is 0 Å². The Hall–Kier alpha value is -1.86. The molecule has 0 saturated carbocycles. The van der Waals surface area contributed by atoms with Crippen LogP contribution < -0.4 is 0 Å².